The molecule has 25 heavy (non-hydrogen) atoms. The first-order valence-corrected chi connectivity index (χ1v) is 8.74. The standard InChI is InChI=1S/C20H21N3O2/c1-14-19(22-13-25-14)20(24)23-10-7-15(8-11-23)12-16-6-9-21-18-5-3-2-4-17(16)18/h2-6,9,13,15H,7-8,10-12H2,1H3. The fraction of sp³-hybridized carbons (Fsp3) is 0.350. The average molecular weight is 335 g/mol. The molecule has 1 amide bonds. The molecule has 1 aliphatic heterocycles. The van der Waals surface area contributed by atoms with E-state index in [0.29, 0.717) is 17.4 Å². The number of hydrogen-bond donors (Lipinski definition) is 0. The summed E-state index contributed by atoms with van der Waals surface area (Å²) in [5.74, 6) is 1.17. The van der Waals surface area contributed by atoms with Crippen molar-refractivity contribution in [1.29, 1.82) is 0 Å². The first-order valence-electron chi connectivity index (χ1n) is 8.74. The second-order valence-electron chi connectivity index (χ2n) is 6.68. The summed E-state index contributed by atoms with van der Waals surface area (Å²) in [6, 6.07) is 10.4. The lowest BCUT2D eigenvalue weighted by Gasteiger charge is -2.31. The zero-order valence-electron chi connectivity index (χ0n) is 14.3. The third-order valence-corrected chi connectivity index (χ3v) is 5.10. The van der Waals surface area contributed by atoms with Crippen LogP contribution in [0, 0.1) is 12.8 Å². The minimum atomic E-state index is -0.0148. The molecule has 4 rings (SSSR count). The Morgan fingerprint density at radius 3 is 2.76 bits per heavy atom. The quantitative estimate of drug-likeness (QED) is 0.733. The van der Waals surface area contributed by atoms with E-state index in [1.165, 1.54) is 17.3 Å². The average Bonchev–Trinajstić information content (AvgIpc) is 3.08. The van der Waals surface area contributed by atoms with Crippen molar-refractivity contribution in [3.63, 3.8) is 0 Å². The Hall–Kier alpha value is -2.69. The van der Waals surface area contributed by atoms with E-state index in [2.05, 4.69) is 34.2 Å². The molecule has 1 aliphatic rings. The van der Waals surface area contributed by atoms with Crippen LogP contribution in [0.5, 0.6) is 0 Å². The zero-order chi connectivity index (χ0) is 17.2. The van der Waals surface area contributed by atoms with Crippen LogP contribution in [0.3, 0.4) is 0 Å². The molecule has 3 aromatic rings. The van der Waals surface area contributed by atoms with Gasteiger partial charge in [0.1, 0.15) is 5.76 Å². The van der Waals surface area contributed by atoms with E-state index in [-0.39, 0.29) is 5.91 Å². The Balaban J connectivity index is 1.42. The van der Waals surface area contributed by atoms with Gasteiger partial charge in [-0.1, -0.05) is 18.2 Å². The highest BCUT2D eigenvalue weighted by Crippen LogP contribution is 2.26. The highest BCUT2D eigenvalue weighted by atomic mass is 16.3. The number of carbonyl (C=O) groups excluding carboxylic acids is 1. The molecule has 0 saturated carbocycles. The Morgan fingerprint density at radius 1 is 1.20 bits per heavy atom. The Morgan fingerprint density at radius 2 is 2.00 bits per heavy atom. The fourth-order valence-electron chi connectivity index (χ4n) is 3.64. The maximum Gasteiger partial charge on any atom is 0.276 e. The first kappa shape index (κ1) is 15.8. The number of aromatic nitrogens is 2. The number of fused-ring (bicyclic) bond motifs is 1. The normalized spacial score (nSPS) is 15.6. The van der Waals surface area contributed by atoms with E-state index in [0.717, 1.165) is 37.9 Å². The monoisotopic (exact) mass is 335 g/mol. The fourth-order valence-corrected chi connectivity index (χ4v) is 3.64. The molecule has 5 heteroatoms. The van der Waals surface area contributed by atoms with E-state index in [1.54, 1.807) is 6.92 Å². The van der Waals surface area contributed by atoms with Gasteiger partial charge in [0.15, 0.2) is 12.1 Å². The summed E-state index contributed by atoms with van der Waals surface area (Å²) in [6.07, 6.45) is 6.29. The molecule has 0 atom stereocenters. The van der Waals surface area contributed by atoms with Gasteiger partial charge in [-0.15, -0.1) is 0 Å². The van der Waals surface area contributed by atoms with Gasteiger partial charge in [-0.25, -0.2) is 4.98 Å². The highest BCUT2D eigenvalue weighted by Gasteiger charge is 2.26. The first-order chi connectivity index (χ1) is 12.2. The molecule has 0 spiro atoms. The predicted octanol–water partition coefficient (Wildman–Crippen LogP) is 3.63. The number of amides is 1. The Bertz CT molecular complexity index is 889. The van der Waals surface area contributed by atoms with Crippen LogP contribution in [0.15, 0.2) is 47.3 Å². The number of para-hydroxylation sites is 1. The topological polar surface area (TPSA) is 59.2 Å². The molecular formula is C20H21N3O2. The molecule has 0 bridgehead atoms. The summed E-state index contributed by atoms with van der Waals surface area (Å²) in [4.78, 5) is 22.9. The number of oxazole rings is 1. The minimum Gasteiger partial charge on any atom is -0.448 e. The van der Waals surface area contributed by atoms with Crippen LogP contribution in [0.1, 0.15) is 34.7 Å². The zero-order valence-corrected chi connectivity index (χ0v) is 14.3. The van der Waals surface area contributed by atoms with Crippen LogP contribution in [0.4, 0.5) is 0 Å². The van der Waals surface area contributed by atoms with E-state index in [1.807, 2.05) is 17.2 Å². The largest absolute Gasteiger partial charge is 0.448 e. The SMILES string of the molecule is Cc1ocnc1C(=O)N1CCC(Cc2ccnc3ccccc23)CC1. The van der Waals surface area contributed by atoms with E-state index in [9.17, 15) is 4.79 Å². The molecular weight excluding hydrogens is 314 g/mol. The highest BCUT2D eigenvalue weighted by molar-refractivity contribution is 5.93. The van der Waals surface area contributed by atoms with Crippen molar-refractivity contribution in [3.05, 3.63) is 59.9 Å². The maximum atomic E-state index is 12.5. The lowest BCUT2D eigenvalue weighted by Crippen LogP contribution is -2.39. The third kappa shape index (κ3) is 3.14. The van der Waals surface area contributed by atoms with Crippen LogP contribution in [-0.2, 0) is 6.42 Å². The summed E-state index contributed by atoms with van der Waals surface area (Å²) in [7, 11) is 0. The molecule has 0 radical (unpaired) electrons. The molecule has 5 nitrogen and oxygen atoms in total. The summed E-state index contributed by atoms with van der Waals surface area (Å²) in [5.41, 5.74) is 2.84. The number of carbonyl (C=O) groups is 1. The summed E-state index contributed by atoms with van der Waals surface area (Å²) in [5, 5.41) is 1.24. The molecule has 0 N–H and O–H groups in total. The van der Waals surface area contributed by atoms with Crippen molar-refractivity contribution in [1.82, 2.24) is 14.9 Å². The summed E-state index contributed by atoms with van der Waals surface area (Å²) >= 11 is 0. The third-order valence-electron chi connectivity index (χ3n) is 5.10. The van der Waals surface area contributed by atoms with Crippen LogP contribution in [0.2, 0.25) is 0 Å². The number of likely N-dealkylation sites (tertiary alicyclic amines) is 1. The molecule has 2 aromatic heterocycles. The van der Waals surface area contributed by atoms with Crippen LogP contribution < -0.4 is 0 Å². The van der Waals surface area contributed by atoms with Crippen molar-refractivity contribution >= 4 is 16.8 Å². The Kier molecular flexibility index (Phi) is 4.22. The van der Waals surface area contributed by atoms with Gasteiger partial charge < -0.3 is 9.32 Å². The van der Waals surface area contributed by atoms with Crippen molar-refractivity contribution in [2.45, 2.75) is 26.2 Å². The molecule has 0 unspecified atom stereocenters. The minimum absolute atomic E-state index is 0.0148. The van der Waals surface area contributed by atoms with Gasteiger partial charge in [0, 0.05) is 24.7 Å². The molecule has 1 aromatic carbocycles. The number of nitrogens with zero attached hydrogens (tertiary/aromatic N) is 3. The molecule has 1 saturated heterocycles. The number of rotatable bonds is 3. The van der Waals surface area contributed by atoms with E-state index < -0.39 is 0 Å². The van der Waals surface area contributed by atoms with Crippen molar-refractivity contribution in [3.8, 4) is 0 Å². The second-order valence-corrected chi connectivity index (χ2v) is 6.68. The number of aryl methyl sites for hydroxylation is 1. The van der Waals surface area contributed by atoms with E-state index in [4.69, 9.17) is 4.42 Å². The van der Waals surface area contributed by atoms with Crippen LogP contribution >= 0.6 is 0 Å². The lowest BCUT2D eigenvalue weighted by molar-refractivity contribution is 0.0683. The number of pyridine rings is 1. The second kappa shape index (κ2) is 6.67. The predicted molar refractivity (Wildman–Crippen MR) is 95.3 cm³/mol. The van der Waals surface area contributed by atoms with Gasteiger partial charge in [-0.2, -0.15) is 0 Å². The summed E-state index contributed by atoms with van der Waals surface area (Å²) < 4.78 is 5.15. The van der Waals surface area contributed by atoms with Crippen molar-refractivity contribution in [2.75, 3.05) is 13.1 Å². The molecule has 3 heterocycles. The van der Waals surface area contributed by atoms with Crippen molar-refractivity contribution < 1.29 is 9.21 Å². The smallest absolute Gasteiger partial charge is 0.276 e. The summed E-state index contributed by atoms with van der Waals surface area (Å²) in [6.45, 7) is 3.33. The van der Waals surface area contributed by atoms with Gasteiger partial charge in [0.2, 0.25) is 0 Å². The van der Waals surface area contributed by atoms with Gasteiger partial charge in [0.25, 0.3) is 5.91 Å². The number of piperidine rings is 1. The van der Waals surface area contributed by atoms with Gasteiger partial charge in [-0.05, 0) is 49.8 Å². The molecule has 1 fully saturated rings. The Labute approximate surface area is 146 Å². The lowest BCUT2D eigenvalue weighted by atomic mass is 9.89. The molecule has 0 aliphatic carbocycles. The maximum absolute atomic E-state index is 12.5. The van der Waals surface area contributed by atoms with Crippen molar-refractivity contribution in [2.24, 2.45) is 5.92 Å². The van der Waals surface area contributed by atoms with Gasteiger partial charge in [0.05, 0.1) is 5.52 Å². The number of hydrogen-bond acceptors (Lipinski definition) is 4. The van der Waals surface area contributed by atoms with E-state index >= 15 is 0 Å². The van der Waals surface area contributed by atoms with Crippen LogP contribution in [0.25, 0.3) is 10.9 Å². The van der Waals surface area contributed by atoms with Gasteiger partial charge >= 0.3 is 0 Å². The van der Waals surface area contributed by atoms with Gasteiger partial charge in [-0.3, -0.25) is 9.78 Å². The molecule has 128 valence electrons. The van der Waals surface area contributed by atoms with Crippen LogP contribution in [-0.4, -0.2) is 33.9 Å². The number of benzene rings is 1.